The molecule has 16 heavy (non-hydrogen) atoms. The Morgan fingerprint density at radius 3 is 2.81 bits per heavy atom. The number of benzene rings is 1. The lowest BCUT2D eigenvalue weighted by molar-refractivity contribution is 0.0904. The molecule has 1 heterocycles. The monoisotopic (exact) mass is 216 g/mol. The van der Waals surface area contributed by atoms with Gasteiger partial charge in [0.2, 0.25) is 0 Å². The van der Waals surface area contributed by atoms with E-state index in [0.717, 1.165) is 42.9 Å². The predicted octanol–water partition coefficient (Wildman–Crippen LogP) is 2.46. The molecule has 3 nitrogen and oxygen atoms in total. The van der Waals surface area contributed by atoms with Gasteiger partial charge in [0, 0.05) is 24.9 Å². The average molecular weight is 216 g/mol. The molecule has 3 heteroatoms. The average Bonchev–Trinajstić information content (AvgIpc) is 2.33. The number of hydrogen-bond acceptors (Lipinski definition) is 3. The van der Waals surface area contributed by atoms with Crippen LogP contribution in [0.25, 0.3) is 0 Å². The Labute approximate surface area is 96.0 Å². The van der Waals surface area contributed by atoms with Crippen LogP contribution < -0.4 is 5.32 Å². The molecule has 1 fully saturated rings. The quantitative estimate of drug-likeness (QED) is 0.826. The minimum Gasteiger partial charge on any atom is -0.382 e. The molecular weight excluding hydrogens is 200 g/mol. The van der Waals surface area contributed by atoms with E-state index in [1.165, 1.54) is 0 Å². The second-order valence-corrected chi connectivity index (χ2v) is 4.12. The molecular formula is C13H16N2O. The van der Waals surface area contributed by atoms with Gasteiger partial charge < -0.3 is 10.1 Å². The molecule has 0 atom stereocenters. The third-order valence-electron chi connectivity index (χ3n) is 3.04. The predicted molar refractivity (Wildman–Crippen MR) is 63.4 cm³/mol. The lowest BCUT2D eigenvalue weighted by Gasteiger charge is -2.25. The van der Waals surface area contributed by atoms with Crippen LogP contribution in [0.2, 0.25) is 0 Å². The number of nitrogens with zero attached hydrogens (tertiary/aromatic N) is 1. The van der Waals surface area contributed by atoms with Crippen molar-refractivity contribution in [1.82, 2.24) is 0 Å². The van der Waals surface area contributed by atoms with Gasteiger partial charge in [0.15, 0.2) is 0 Å². The summed E-state index contributed by atoms with van der Waals surface area (Å²) in [7, 11) is 0. The Hall–Kier alpha value is -1.53. The van der Waals surface area contributed by atoms with E-state index in [4.69, 9.17) is 10.00 Å². The van der Waals surface area contributed by atoms with Gasteiger partial charge in [-0.1, -0.05) is 6.07 Å². The number of nitrogens with one attached hydrogen (secondary N) is 1. The fraction of sp³-hybridized carbons (Fsp3) is 0.462. The smallest absolute Gasteiger partial charge is 0.0995 e. The van der Waals surface area contributed by atoms with Crippen molar-refractivity contribution in [3.05, 3.63) is 29.3 Å². The maximum absolute atomic E-state index is 8.95. The molecule has 1 aromatic rings. The van der Waals surface area contributed by atoms with Crippen molar-refractivity contribution in [3.8, 4) is 6.07 Å². The van der Waals surface area contributed by atoms with Gasteiger partial charge in [0.1, 0.15) is 0 Å². The molecule has 1 N–H and O–H groups in total. The highest BCUT2D eigenvalue weighted by molar-refractivity contribution is 5.57. The van der Waals surface area contributed by atoms with Crippen LogP contribution >= 0.6 is 0 Å². The Morgan fingerprint density at radius 1 is 1.38 bits per heavy atom. The fourth-order valence-corrected chi connectivity index (χ4v) is 1.97. The zero-order valence-corrected chi connectivity index (χ0v) is 9.49. The van der Waals surface area contributed by atoms with E-state index in [2.05, 4.69) is 11.4 Å². The molecule has 1 aliphatic rings. The zero-order chi connectivity index (χ0) is 11.4. The van der Waals surface area contributed by atoms with E-state index < -0.39 is 0 Å². The minimum atomic E-state index is 0.474. The number of ether oxygens (including phenoxy) is 1. The molecule has 0 radical (unpaired) electrons. The van der Waals surface area contributed by atoms with Crippen LogP contribution in [0.3, 0.4) is 0 Å². The highest BCUT2D eigenvalue weighted by Gasteiger charge is 2.14. The summed E-state index contributed by atoms with van der Waals surface area (Å²) in [6.45, 7) is 3.64. The van der Waals surface area contributed by atoms with Crippen LogP contribution in [-0.4, -0.2) is 19.3 Å². The van der Waals surface area contributed by atoms with Gasteiger partial charge in [-0.05, 0) is 37.5 Å². The Morgan fingerprint density at radius 2 is 2.12 bits per heavy atom. The molecule has 1 aromatic carbocycles. The van der Waals surface area contributed by atoms with E-state index in [1.807, 2.05) is 25.1 Å². The van der Waals surface area contributed by atoms with E-state index in [1.54, 1.807) is 0 Å². The zero-order valence-electron chi connectivity index (χ0n) is 9.49. The van der Waals surface area contributed by atoms with Gasteiger partial charge in [-0.15, -0.1) is 0 Å². The molecule has 0 spiro atoms. The third kappa shape index (κ3) is 2.34. The summed E-state index contributed by atoms with van der Waals surface area (Å²) in [6.07, 6.45) is 2.08. The van der Waals surface area contributed by atoms with Crippen LogP contribution in [0, 0.1) is 18.3 Å². The topological polar surface area (TPSA) is 45.0 Å². The first-order chi connectivity index (χ1) is 7.81. The molecule has 0 unspecified atom stereocenters. The van der Waals surface area contributed by atoms with E-state index in [-0.39, 0.29) is 0 Å². The van der Waals surface area contributed by atoms with Crippen molar-refractivity contribution in [2.24, 2.45) is 0 Å². The van der Waals surface area contributed by atoms with Gasteiger partial charge in [0.05, 0.1) is 11.6 Å². The molecule has 1 saturated heterocycles. The van der Waals surface area contributed by atoms with Gasteiger partial charge in [-0.25, -0.2) is 0 Å². The van der Waals surface area contributed by atoms with Gasteiger partial charge >= 0.3 is 0 Å². The summed E-state index contributed by atoms with van der Waals surface area (Å²) in [5.41, 5.74) is 2.86. The first-order valence-electron chi connectivity index (χ1n) is 5.65. The van der Waals surface area contributed by atoms with Crippen molar-refractivity contribution in [2.75, 3.05) is 18.5 Å². The van der Waals surface area contributed by atoms with Crippen molar-refractivity contribution in [3.63, 3.8) is 0 Å². The number of rotatable bonds is 2. The Kier molecular flexibility index (Phi) is 3.43. The van der Waals surface area contributed by atoms with Crippen molar-refractivity contribution in [1.29, 1.82) is 5.26 Å². The number of hydrogen-bond donors (Lipinski definition) is 1. The molecule has 1 aliphatic heterocycles. The van der Waals surface area contributed by atoms with Crippen molar-refractivity contribution >= 4 is 5.69 Å². The summed E-state index contributed by atoms with van der Waals surface area (Å²) >= 11 is 0. The molecule has 0 bridgehead atoms. The molecule has 84 valence electrons. The van der Waals surface area contributed by atoms with Crippen LogP contribution in [0.5, 0.6) is 0 Å². The second kappa shape index (κ2) is 5.00. The summed E-state index contributed by atoms with van der Waals surface area (Å²) < 4.78 is 5.32. The summed E-state index contributed by atoms with van der Waals surface area (Å²) in [5, 5.41) is 12.4. The first kappa shape index (κ1) is 11.0. The van der Waals surface area contributed by atoms with E-state index in [0.29, 0.717) is 6.04 Å². The summed E-state index contributed by atoms with van der Waals surface area (Å²) in [4.78, 5) is 0. The third-order valence-corrected chi connectivity index (χ3v) is 3.04. The van der Waals surface area contributed by atoms with E-state index >= 15 is 0 Å². The molecule has 0 aromatic heterocycles. The maximum atomic E-state index is 8.95. The number of anilines is 1. The van der Waals surface area contributed by atoms with E-state index in [9.17, 15) is 0 Å². The van der Waals surface area contributed by atoms with Crippen molar-refractivity contribution < 1.29 is 4.74 Å². The molecule has 0 aliphatic carbocycles. The highest BCUT2D eigenvalue weighted by atomic mass is 16.5. The maximum Gasteiger partial charge on any atom is 0.0995 e. The second-order valence-electron chi connectivity index (χ2n) is 4.12. The van der Waals surface area contributed by atoms with Gasteiger partial charge in [-0.3, -0.25) is 0 Å². The van der Waals surface area contributed by atoms with Crippen molar-refractivity contribution in [2.45, 2.75) is 25.8 Å². The van der Waals surface area contributed by atoms with Crippen LogP contribution in [0.15, 0.2) is 18.2 Å². The lowest BCUT2D eigenvalue weighted by Crippen LogP contribution is -2.28. The SMILES string of the molecule is Cc1c(C#N)cccc1NC1CCOCC1. The molecule has 0 saturated carbocycles. The van der Waals surface area contributed by atoms with Gasteiger partial charge in [-0.2, -0.15) is 5.26 Å². The van der Waals surface area contributed by atoms with Crippen LogP contribution in [0.1, 0.15) is 24.0 Å². The standard InChI is InChI=1S/C13H16N2O/c1-10-11(9-14)3-2-4-13(10)15-12-5-7-16-8-6-12/h2-4,12,15H,5-8H2,1H3. The first-order valence-corrected chi connectivity index (χ1v) is 5.65. The summed E-state index contributed by atoms with van der Waals surface area (Å²) in [6, 6.07) is 8.49. The molecule has 2 rings (SSSR count). The Balaban J connectivity index is 2.12. The Bertz CT molecular complexity index is 403. The minimum absolute atomic E-state index is 0.474. The lowest BCUT2D eigenvalue weighted by atomic mass is 10.0. The summed E-state index contributed by atoms with van der Waals surface area (Å²) in [5.74, 6) is 0. The molecule has 0 amide bonds. The van der Waals surface area contributed by atoms with Crippen LogP contribution in [0.4, 0.5) is 5.69 Å². The van der Waals surface area contributed by atoms with Crippen LogP contribution in [-0.2, 0) is 4.74 Å². The van der Waals surface area contributed by atoms with Gasteiger partial charge in [0.25, 0.3) is 0 Å². The largest absolute Gasteiger partial charge is 0.382 e. The fourth-order valence-electron chi connectivity index (χ4n) is 1.97. The number of nitriles is 1. The highest BCUT2D eigenvalue weighted by Crippen LogP contribution is 2.21. The normalized spacial score (nSPS) is 16.8.